The van der Waals surface area contributed by atoms with Crippen LogP contribution in [0.2, 0.25) is 0 Å². The van der Waals surface area contributed by atoms with Crippen LogP contribution in [0.3, 0.4) is 0 Å². The van der Waals surface area contributed by atoms with Crippen molar-refractivity contribution in [1.29, 1.82) is 0 Å². The molecule has 0 atom stereocenters. The molecule has 0 aromatic heterocycles. The predicted octanol–water partition coefficient (Wildman–Crippen LogP) is 2.11. The van der Waals surface area contributed by atoms with Gasteiger partial charge in [0.2, 0.25) is 0 Å². The summed E-state index contributed by atoms with van der Waals surface area (Å²) < 4.78 is 0. The number of nitrogens with two attached hydrogens (primary N) is 1. The van der Waals surface area contributed by atoms with Gasteiger partial charge in [-0.25, -0.2) is 4.79 Å². The zero-order valence-corrected chi connectivity index (χ0v) is 9.13. The fraction of sp³-hybridized carbons (Fsp3) is 0.364. The van der Waals surface area contributed by atoms with E-state index < -0.39 is 0 Å². The lowest BCUT2D eigenvalue weighted by Crippen LogP contribution is -2.29. The zero-order chi connectivity index (χ0) is 11.3. The molecule has 4 nitrogen and oxygen atoms in total. The van der Waals surface area contributed by atoms with E-state index in [-0.39, 0.29) is 6.03 Å². The van der Waals surface area contributed by atoms with Crippen molar-refractivity contribution in [2.45, 2.75) is 20.3 Å². The minimum Gasteiger partial charge on any atom is -0.397 e. The number of hydrogen-bond donors (Lipinski definition) is 3. The second-order valence-corrected chi connectivity index (χ2v) is 3.47. The number of aryl methyl sites for hydroxylation is 1. The van der Waals surface area contributed by atoms with E-state index in [1.165, 1.54) is 0 Å². The highest BCUT2D eigenvalue weighted by Gasteiger charge is 2.03. The summed E-state index contributed by atoms with van der Waals surface area (Å²) in [4.78, 5) is 11.3. The Morgan fingerprint density at radius 1 is 1.47 bits per heavy atom. The van der Waals surface area contributed by atoms with E-state index >= 15 is 0 Å². The molecular formula is C11H17N3O. The van der Waals surface area contributed by atoms with E-state index in [2.05, 4.69) is 10.6 Å². The fourth-order valence-electron chi connectivity index (χ4n) is 1.20. The molecule has 0 saturated carbocycles. The molecule has 0 unspecified atom stereocenters. The summed E-state index contributed by atoms with van der Waals surface area (Å²) >= 11 is 0. The van der Waals surface area contributed by atoms with Crippen LogP contribution in [0, 0.1) is 6.92 Å². The average molecular weight is 207 g/mol. The molecule has 0 spiro atoms. The molecule has 15 heavy (non-hydrogen) atoms. The number of anilines is 2. The SMILES string of the molecule is CCCNC(=O)Nc1ccc(C)cc1N. The van der Waals surface area contributed by atoms with Crippen LogP contribution in [0.25, 0.3) is 0 Å². The van der Waals surface area contributed by atoms with Crippen LogP contribution in [0.15, 0.2) is 18.2 Å². The van der Waals surface area contributed by atoms with Gasteiger partial charge in [0.15, 0.2) is 0 Å². The standard InChI is InChI=1S/C11H17N3O/c1-3-6-13-11(15)14-10-5-4-8(2)7-9(10)12/h4-5,7H,3,6,12H2,1-2H3,(H2,13,14,15). The summed E-state index contributed by atoms with van der Waals surface area (Å²) in [5.74, 6) is 0. The summed E-state index contributed by atoms with van der Waals surface area (Å²) in [6.45, 7) is 4.62. The summed E-state index contributed by atoms with van der Waals surface area (Å²) in [7, 11) is 0. The quantitative estimate of drug-likeness (QED) is 0.664. The third kappa shape index (κ3) is 3.50. The van der Waals surface area contributed by atoms with Crippen LogP contribution in [0.1, 0.15) is 18.9 Å². The van der Waals surface area contributed by atoms with Crippen molar-refractivity contribution in [3.05, 3.63) is 23.8 Å². The van der Waals surface area contributed by atoms with E-state index in [4.69, 9.17) is 5.73 Å². The third-order valence-electron chi connectivity index (χ3n) is 1.99. The van der Waals surface area contributed by atoms with E-state index in [1.54, 1.807) is 6.07 Å². The molecule has 0 radical (unpaired) electrons. The van der Waals surface area contributed by atoms with Gasteiger partial charge in [-0.05, 0) is 31.0 Å². The number of carbonyl (C=O) groups excluding carboxylic acids is 1. The minimum absolute atomic E-state index is 0.215. The Morgan fingerprint density at radius 2 is 2.20 bits per heavy atom. The van der Waals surface area contributed by atoms with Crippen molar-refractivity contribution in [3.63, 3.8) is 0 Å². The number of rotatable bonds is 3. The first-order chi connectivity index (χ1) is 7.13. The lowest BCUT2D eigenvalue weighted by molar-refractivity contribution is 0.252. The molecule has 4 N–H and O–H groups in total. The van der Waals surface area contributed by atoms with E-state index in [0.717, 1.165) is 12.0 Å². The van der Waals surface area contributed by atoms with Crippen LogP contribution in [-0.2, 0) is 0 Å². The number of urea groups is 1. The van der Waals surface area contributed by atoms with Crippen molar-refractivity contribution in [1.82, 2.24) is 5.32 Å². The Kier molecular flexibility index (Phi) is 3.97. The molecule has 4 heteroatoms. The van der Waals surface area contributed by atoms with Crippen molar-refractivity contribution in [2.24, 2.45) is 0 Å². The first-order valence-electron chi connectivity index (χ1n) is 5.04. The number of nitrogen functional groups attached to an aromatic ring is 1. The molecule has 1 aromatic rings. The van der Waals surface area contributed by atoms with Gasteiger partial charge in [0.25, 0.3) is 0 Å². The Balaban J connectivity index is 2.60. The summed E-state index contributed by atoms with van der Waals surface area (Å²) in [6, 6.07) is 5.32. The smallest absolute Gasteiger partial charge is 0.319 e. The Bertz CT molecular complexity index is 350. The predicted molar refractivity (Wildman–Crippen MR) is 62.9 cm³/mol. The van der Waals surface area contributed by atoms with Gasteiger partial charge in [0.1, 0.15) is 0 Å². The van der Waals surface area contributed by atoms with Gasteiger partial charge in [-0.15, -0.1) is 0 Å². The number of hydrogen-bond acceptors (Lipinski definition) is 2. The molecule has 1 rings (SSSR count). The Hall–Kier alpha value is -1.71. The van der Waals surface area contributed by atoms with Gasteiger partial charge in [-0.2, -0.15) is 0 Å². The maximum atomic E-state index is 11.3. The minimum atomic E-state index is -0.215. The molecule has 0 heterocycles. The highest BCUT2D eigenvalue weighted by molar-refractivity contribution is 5.92. The number of amides is 2. The zero-order valence-electron chi connectivity index (χ0n) is 9.13. The highest BCUT2D eigenvalue weighted by Crippen LogP contribution is 2.18. The first kappa shape index (κ1) is 11.4. The molecule has 0 saturated heterocycles. The van der Waals surface area contributed by atoms with Gasteiger partial charge in [-0.3, -0.25) is 0 Å². The number of nitrogens with one attached hydrogen (secondary N) is 2. The Morgan fingerprint density at radius 3 is 2.80 bits per heavy atom. The summed E-state index contributed by atoms with van der Waals surface area (Å²) in [5, 5.41) is 5.41. The van der Waals surface area contributed by atoms with Crippen LogP contribution < -0.4 is 16.4 Å². The van der Waals surface area contributed by atoms with Crippen molar-refractivity contribution >= 4 is 17.4 Å². The Labute approximate surface area is 89.9 Å². The molecule has 2 amide bonds. The molecular weight excluding hydrogens is 190 g/mol. The van der Waals surface area contributed by atoms with Crippen LogP contribution in [-0.4, -0.2) is 12.6 Å². The van der Waals surface area contributed by atoms with Crippen LogP contribution >= 0.6 is 0 Å². The van der Waals surface area contributed by atoms with Crippen molar-refractivity contribution in [2.75, 3.05) is 17.6 Å². The van der Waals surface area contributed by atoms with Gasteiger partial charge in [0.05, 0.1) is 11.4 Å². The van der Waals surface area contributed by atoms with Gasteiger partial charge < -0.3 is 16.4 Å². The topological polar surface area (TPSA) is 67.2 Å². The summed E-state index contributed by atoms with van der Waals surface area (Å²) in [5.41, 5.74) is 8.06. The highest BCUT2D eigenvalue weighted by atomic mass is 16.2. The van der Waals surface area contributed by atoms with E-state index in [0.29, 0.717) is 17.9 Å². The number of benzene rings is 1. The molecule has 82 valence electrons. The first-order valence-corrected chi connectivity index (χ1v) is 5.04. The van der Waals surface area contributed by atoms with Gasteiger partial charge in [0, 0.05) is 6.54 Å². The normalized spacial score (nSPS) is 9.73. The van der Waals surface area contributed by atoms with Crippen molar-refractivity contribution < 1.29 is 4.79 Å². The van der Waals surface area contributed by atoms with Gasteiger partial charge in [-0.1, -0.05) is 13.0 Å². The third-order valence-corrected chi connectivity index (χ3v) is 1.99. The molecule has 0 aliphatic heterocycles. The monoisotopic (exact) mass is 207 g/mol. The second-order valence-electron chi connectivity index (χ2n) is 3.47. The lowest BCUT2D eigenvalue weighted by atomic mass is 10.2. The maximum absolute atomic E-state index is 11.3. The lowest BCUT2D eigenvalue weighted by Gasteiger charge is -2.09. The van der Waals surface area contributed by atoms with Crippen molar-refractivity contribution in [3.8, 4) is 0 Å². The second kappa shape index (κ2) is 5.24. The molecule has 0 aliphatic rings. The average Bonchev–Trinajstić information content (AvgIpc) is 2.19. The van der Waals surface area contributed by atoms with E-state index in [9.17, 15) is 4.79 Å². The maximum Gasteiger partial charge on any atom is 0.319 e. The van der Waals surface area contributed by atoms with Crippen LogP contribution in [0.5, 0.6) is 0 Å². The largest absolute Gasteiger partial charge is 0.397 e. The van der Waals surface area contributed by atoms with Gasteiger partial charge >= 0.3 is 6.03 Å². The number of carbonyl (C=O) groups is 1. The molecule has 0 bridgehead atoms. The fourth-order valence-corrected chi connectivity index (χ4v) is 1.20. The molecule has 1 aromatic carbocycles. The molecule has 0 fully saturated rings. The molecule has 0 aliphatic carbocycles. The van der Waals surface area contributed by atoms with E-state index in [1.807, 2.05) is 26.0 Å². The summed E-state index contributed by atoms with van der Waals surface area (Å²) in [6.07, 6.45) is 0.913. The van der Waals surface area contributed by atoms with Crippen LogP contribution in [0.4, 0.5) is 16.2 Å².